The Hall–Kier alpha value is -4.54. The Morgan fingerprint density at radius 1 is 0.267 bits per heavy atom. The van der Waals surface area contributed by atoms with Gasteiger partial charge in [0.25, 0.3) is 0 Å². The Morgan fingerprint density at radius 3 is 0.667 bits per heavy atom. The van der Waals surface area contributed by atoms with Crippen molar-refractivity contribution in [3.8, 4) is 0 Å². The van der Waals surface area contributed by atoms with Crippen molar-refractivity contribution in [2.24, 2.45) is 0 Å². The Balaban J connectivity index is 1.37. The third-order valence-electron chi connectivity index (χ3n) is 8.69. The van der Waals surface area contributed by atoms with Crippen LogP contribution in [0.2, 0.25) is 0 Å². The van der Waals surface area contributed by atoms with Crippen LogP contribution in [0, 0.1) is 0 Å². The van der Waals surface area contributed by atoms with Crippen LogP contribution in [0.25, 0.3) is 0 Å². The fraction of sp³-hybridized carbons (Fsp3) is 0.0476. The molecule has 1 aromatic heterocycles. The molecule has 0 saturated heterocycles. The molecule has 0 radical (unpaired) electrons. The van der Waals surface area contributed by atoms with Gasteiger partial charge in [0.1, 0.15) is 70.2 Å². The Bertz CT molecular complexity index is 1590. The maximum Gasteiger partial charge on any atom is 0.142 e. The standard InChI is InChI=1S/C42H36OP2/c1-7-19-37(20-8-1)44(38-21-9-2-10-22-38,39-23-11-3-12-24-39)33-35-31-32-36(43-35)34-45(40-25-13-4-14-26-40,41-27-15-5-16-28-41)42-29-17-6-18-30-42/h1-32H,33-34H2/q+2. The van der Waals surface area contributed by atoms with E-state index in [2.05, 4.69) is 194 Å². The van der Waals surface area contributed by atoms with Gasteiger partial charge in [-0.05, 0) is 84.9 Å². The van der Waals surface area contributed by atoms with Gasteiger partial charge in [0, 0.05) is 0 Å². The number of hydrogen-bond acceptors (Lipinski definition) is 1. The quantitative estimate of drug-likeness (QED) is 0.141. The van der Waals surface area contributed by atoms with E-state index in [-0.39, 0.29) is 0 Å². The molecule has 7 aromatic rings. The van der Waals surface area contributed by atoms with Crippen LogP contribution in [0.4, 0.5) is 0 Å². The van der Waals surface area contributed by atoms with E-state index in [1.54, 1.807) is 0 Å². The molecule has 0 N–H and O–H groups in total. The van der Waals surface area contributed by atoms with Crippen molar-refractivity contribution in [3.05, 3.63) is 206 Å². The van der Waals surface area contributed by atoms with Gasteiger partial charge in [-0.1, -0.05) is 109 Å². The van der Waals surface area contributed by atoms with Crippen molar-refractivity contribution in [2.75, 3.05) is 0 Å². The monoisotopic (exact) mass is 618 g/mol. The maximum atomic E-state index is 6.98. The minimum atomic E-state index is -2.07. The zero-order chi connectivity index (χ0) is 30.4. The molecule has 218 valence electrons. The molecule has 0 unspecified atom stereocenters. The first kappa shape index (κ1) is 29.2. The Kier molecular flexibility index (Phi) is 8.57. The topological polar surface area (TPSA) is 13.1 Å². The molecule has 0 aliphatic heterocycles. The predicted octanol–water partition coefficient (Wildman–Crippen LogP) is 8.27. The first-order valence-electron chi connectivity index (χ1n) is 15.5. The molecule has 0 amide bonds. The summed E-state index contributed by atoms with van der Waals surface area (Å²) in [7, 11) is -4.14. The van der Waals surface area contributed by atoms with Crippen LogP contribution in [0.15, 0.2) is 199 Å². The molecule has 3 heteroatoms. The average molecular weight is 619 g/mol. The van der Waals surface area contributed by atoms with Gasteiger partial charge < -0.3 is 4.42 Å². The lowest BCUT2D eigenvalue weighted by Gasteiger charge is -2.27. The van der Waals surface area contributed by atoms with Gasteiger partial charge in [-0.2, -0.15) is 0 Å². The van der Waals surface area contributed by atoms with Crippen molar-refractivity contribution >= 4 is 46.4 Å². The molecule has 7 rings (SSSR count). The first-order valence-corrected chi connectivity index (χ1v) is 19.4. The summed E-state index contributed by atoms with van der Waals surface area (Å²) in [4.78, 5) is 0. The van der Waals surface area contributed by atoms with Gasteiger partial charge in [0.15, 0.2) is 0 Å². The zero-order valence-corrected chi connectivity index (χ0v) is 27.0. The third-order valence-corrected chi connectivity index (χ3v) is 17.3. The number of furan rings is 1. The van der Waals surface area contributed by atoms with E-state index >= 15 is 0 Å². The van der Waals surface area contributed by atoms with Crippen LogP contribution in [0.5, 0.6) is 0 Å². The van der Waals surface area contributed by atoms with Crippen molar-refractivity contribution in [3.63, 3.8) is 0 Å². The van der Waals surface area contributed by atoms with Crippen LogP contribution in [0.3, 0.4) is 0 Å². The summed E-state index contributed by atoms with van der Waals surface area (Å²) in [5.74, 6) is 2.06. The lowest BCUT2D eigenvalue weighted by molar-refractivity contribution is 0.496. The minimum absolute atomic E-state index is 0.818. The lowest BCUT2D eigenvalue weighted by Crippen LogP contribution is -2.32. The average Bonchev–Trinajstić information content (AvgIpc) is 3.58. The van der Waals surface area contributed by atoms with Gasteiger partial charge >= 0.3 is 0 Å². The van der Waals surface area contributed by atoms with E-state index < -0.39 is 14.5 Å². The molecule has 0 atom stereocenters. The van der Waals surface area contributed by atoms with E-state index in [4.69, 9.17) is 4.42 Å². The highest BCUT2D eigenvalue weighted by Crippen LogP contribution is 2.60. The molecule has 1 nitrogen and oxygen atoms in total. The maximum absolute atomic E-state index is 6.98. The van der Waals surface area contributed by atoms with Gasteiger partial charge in [-0.15, -0.1) is 0 Å². The highest BCUT2D eigenvalue weighted by atomic mass is 31.2. The van der Waals surface area contributed by atoms with Gasteiger partial charge in [-0.25, -0.2) is 0 Å². The second-order valence-corrected chi connectivity index (χ2v) is 18.3. The molecule has 6 aromatic carbocycles. The summed E-state index contributed by atoms with van der Waals surface area (Å²) < 4.78 is 6.98. The number of rotatable bonds is 10. The predicted molar refractivity (Wildman–Crippen MR) is 196 cm³/mol. The SMILES string of the molecule is c1ccc([P+](Cc2ccc(C[P+](c3ccccc3)(c3ccccc3)c3ccccc3)o2)(c2ccccc2)c2ccccc2)cc1. The molecule has 0 aliphatic rings. The summed E-state index contributed by atoms with van der Waals surface area (Å²) in [5, 5.41) is 8.17. The fourth-order valence-corrected chi connectivity index (χ4v) is 14.8. The Morgan fingerprint density at radius 2 is 0.467 bits per heavy atom. The second kappa shape index (κ2) is 13.2. The molecular weight excluding hydrogens is 582 g/mol. The van der Waals surface area contributed by atoms with Crippen molar-refractivity contribution in [1.29, 1.82) is 0 Å². The smallest absolute Gasteiger partial charge is 0.142 e. The van der Waals surface area contributed by atoms with E-state index in [9.17, 15) is 0 Å². The van der Waals surface area contributed by atoms with Crippen LogP contribution < -0.4 is 31.8 Å². The van der Waals surface area contributed by atoms with E-state index in [0.29, 0.717) is 0 Å². The third kappa shape index (κ3) is 5.71. The second-order valence-electron chi connectivity index (χ2n) is 11.3. The van der Waals surface area contributed by atoms with Crippen LogP contribution in [-0.2, 0) is 12.3 Å². The van der Waals surface area contributed by atoms with Crippen LogP contribution in [-0.4, -0.2) is 0 Å². The van der Waals surface area contributed by atoms with Gasteiger partial charge in [0.2, 0.25) is 0 Å². The van der Waals surface area contributed by atoms with Crippen LogP contribution in [0.1, 0.15) is 11.5 Å². The highest BCUT2D eigenvalue weighted by molar-refractivity contribution is 7.95. The van der Waals surface area contributed by atoms with E-state index in [1.807, 2.05) is 0 Å². The van der Waals surface area contributed by atoms with E-state index in [1.165, 1.54) is 31.8 Å². The number of benzene rings is 6. The number of hydrogen-bond donors (Lipinski definition) is 0. The summed E-state index contributed by atoms with van der Waals surface area (Å²) in [6.07, 6.45) is 1.64. The summed E-state index contributed by atoms with van der Waals surface area (Å²) in [6.45, 7) is 0. The summed E-state index contributed by atoms with van der Waals surface area (Å²) in [6, 6.07) is 70.7. The molecular formula is C42H36OP2+2. The highest BCUT2D eigenvalue weighted by Gasteiger charge is 2.48. The molecule has 0 saturated carbocycles. The molecule has 0 fully saturated rings. The Labute approximate surface area is 267 Å². The largest absolute Gasteiger partial charge is 0.458 e. The molecule has 0 bridgehead atoms. The van der Waals surface area contributed by atoms with Gasteiger partial charge in [-0.3, -0.25) is 0 Å². The first-order chi connectivity index (χ1) is 22.3. The molecule has 0 aliphatic carbocycles. The summed E-state index contributed by atoms with van der Waals surface area (Å²) in [5.41, 5.74) is 0. The summed E-state index contributed by atoms with van der Waals surface area (Å²) >= 11 is 0. The van der Waals surface area contributed by atoms with Crippen molar-refractivity contribution in [2.45, 2.75) is 12.3 Å². The molecule has 1 heterocycles. The van der Waals surface area contributed by atoms with E-state index in [0.717, 1.165) is 23.8 Å². The van der Waals surface area contributed by atoms with Gasteiger partial charge in [0.05, 0.1) is 0 Å². The van der Waals surface area contributed by atoms with Crippen LogP contribution >= 0.6 is 14.5 Å². The minimum Gasteiger partial charge on any atom is -0.458 e. The lowest BCUT2D eigenvalue weighted by atomic mass is 10.3. The van der Waals surface area contributed by atoms with Crippen molar-refractivity contribution in [1.82, 2.24) is 0 Å². The normalized spacial score (nSPS) is 11.7. The zero-order valence-electron chi connectivity index (χ0n) is 25.2. The molecule has 45 heavy (non-hydrogen) atoms. The van der Waals surface area contributed by atoms with Crippen molar-refractivity contribution < 1.29 is 4.42 Å². The fourth-order valence-electron chi connectivity index (χ4n) is 6.60. The molecule has 0 spiro atoms.